The number of thiophene rings is 1. The number of likely N-dealkylation sites (N-methyl/N-ethyl adjacent to an activating group) is 1. The van der Waals surface area contributed by atoms with Gasteiger partial charge in [-0.15, -0.1) is 11.3 Å². The molecule has 0 amide bonds. The van der Waals surface area contributed by atoms with Crippen molar-refractivity contribution in [1.29, 1.82) is 0 Å². The number of hydrogen-bond acceptors (Lipinski definition) is 3. The standard InChI is InChI=1S/C14H24N4S/c1-4-15-14(17-11-7-8-11)16-10-12(18(2)3)13-6-5-9-19-13/h5-6,9,11-12H,4,7-8,10H2,1-3H3,(H2,15,16,17). The van der Waals surface area contributed by atoms with Crippen LogP contribution in [0.1, 0.15) is 30.7 Å². The summed E-state index contributed by atoms with van der Waals surface area (Å²) in [5.74, 6) is 0.952. The van der Waals surface area contributed by atoms with Crippen LogP contribution < -0.4 is 10.6 Å². The summed E-state index contributed by atoms with van der Waals surface area (Å²) >= 11 is 1.80. The van der Waals surface area contributed by atoms with Crippen LogP contribution in [0.2, 0.25) is 0 Å². The molecular formula is C14H24N4S. The van der Waals surface area contributed by atoms with Crippen LogP contribution in [0.4, 0.5) is 0 Å². The average molecular weight is 280 g/mol. The Morgan fingerprint density at radius 2 is 2.32 bits per heavy atom. The van der Waals surface area contributed by atoms with Gasteiger partial charge < -0.3 is 15.5 Å². The largest absolute Gasteiger partial charge is 0.357 e. The Bertz CT molecular complexity index is 396. The summed E-state index contributed by atoms with van der Waals surface area (Å²) in [5, 5.41) is 8.90. The third-order valence-corrected chi connectivity index (χ3v) is 4.15. The first-order chi connectivity index (χ1) is 9.20. The third kappa shape index (κ3) is 4.51. The molecule has 1 saturated carbocycles. The van der Waals surface area contributed by atoms with Gasteiger partial charge in [0.1, 0.15) is 0 Å². The molecule has 5 heteroatoms. The molecule has 19 heavy (non-hydrogen) atoms. The van der Waals surface area contributed by atoms with Crippen molar-refractivity contribution < 1.29 is 0 Å². The van der Waals surface area contributed by atoms with Crippen LogP contribution in [-0.2, 0) is 0 Å². The van der Waals surface area contributed by atoms with Gasteiger partial charge in [-0.1, -0.05) is 6.07 Å². The van der Waals surface area contributed by atoms with Crippen LogP contribution >= 0.6 is 11.3 Å². The van der Waals surface area contributed by atoms with Gasteiger partial charge in [-0.2, -0.15) is 0 Å². The fraction of sp³-hybridized carbons (Fsp3) is 0.643. The minimum atomic E-state index is 0.356. The van der Waals surface area contributed by atoms with Crippen molar-refractivity contribution in [2.45, 2.75) is 31.8 Å². The number of guanidine groups is 1. The number of hydrogen-bond donors (Lipinski definition) is 2. The minimum absolute atomic E-state index is 0.356. The lowest BCUT2D eigenvalue weighted by molar-refractivity contribution is 0.310. The molecule has 1 aromatic heterocycles. The fourth-order valence-electron chi connectivity index (χ4n) is 1.91. The number of rotatable bonds is 6. The zero-order chi connectivity index (χ0) is 13.7. The Morgan fingerprint density at radius 3 is 2.84 bits per heavy atom. The quantitative estimate of drug-likeness (QED) is 0.619. The summed E-state index contributed by atoms with van der Waals surface area (Å²) in [5.41, 5.74) is 0. The van der Waals surface area contributed by atoms with Crippen molar-refractivity contribution in [1.82, 2.24) is 15.5 Å². The summed E-state index contributed by atoms with van der Waals surface area (Å²) in [6, 6.07) is 5.28. The Hall–Kier alpha value is -1.07. The minimum Gasteiger partial charge on any atom is -0.357 e. The molecule has 0 aromatic carbocycles. The van der Waals surface area contributed by atoms with Crippen LogP contribution in [0.5, 0.6) is 0 Å². The molecule has 1 aromatic rings. The van der Waals surface area contributed by atoms with Gasteiger partial charge in [0, 0.05) is 17.5 Å². The zero-order valence-electron chi connectivity index (χ0n) is 12.0. The van der Waals surface area contributed by atoms with Gasteiger partial charge in [0.05, 0.1) is 12.6 Å². The van der Waals surface area contributed by atoms with E-state index in [-0.39, 0.29) is 0 Å². The monoisotopic (exact) mass is 280 g/mol. The lowest BCUT2D eigenvalue weighted by Gasteiger charge is -2.22. The van der Waals surface area contributed by atoms with Crippen molar-refractivity contribution in [2.75, 3.05) is 27.2 Å². The molecule has 1 unspecified atom stereocenters. The van der Waals surface area contributed by atoms with Crippen molar-refractivity contribution in [2.24, 2.45) is 4.99 Å². The van der Waals surface area contributed by atoms with E-state index in [0.29, 0.717) is 12.1 Å². The van der Waals surface area contributed by atoms with Crippen molar-refractivity contribution in [3.63, 3.8) is 0 Å². The molecule has 0 saturated heterocycles. The van der Waals surface area contributed by atoms with Gasteiger partial charge in [0.25, 0.3) is 0 Å². The van der Waals surface area contributed by atoms with E-state index in [0.717, 1.165) is 19.0 Å². The Balaban J connectivity index is 1.98. The van der Waals surface area contributed by atoms with Crippen molar-refractivity contribution in [3.8, 4) is 0 Å². The third-order valence-electron chi connectivity index (χ3n) is 3.18. The van der Waals surface area contributed by atoms with E-state index >= 15 is 0 Å². The molecule has 0 radical (unpaired) electrons. The second-order valence-electron chi connectivity index (χ2n) is 5.13. The van der Waals surface area contributed by atoms with Crippen LogP contribution in [0, 0.1) is 0 Å². The van der Waals surface area contributed by atoms with Crippen molar-refractivity contribution >= 4 is 17.3 Å². The lowest BCUT2D eigenvalue weighted by atomic mass is 10.2. The van der Waals surface area contributed by atoms with Crippen molar-refractivity contribution in [3.05, 3.63) is 22.4 Å². The van der Waals surface area contributed by atoms with Crippen LogP contribution in [0.3, 0.4) is 0 Å². The maximum atomic E-state index is 4.73. The highest BCUT2D eigenvalue weighted by atomic mass is 32.1. The number of aliphatic imine (C=N–C) groups is 1. The molecule has 1 heterocycles. The molecule has 1 aliphatic carbocycles. The Kier molecular flexibility index (Phi) is 5.22. The summed E-state index contributed by atoms with van der Waals surface area (Å²) in [6.07, 6.45) is 2.54. The van der Waals surface area contributed by atoms with E-state index in [1.54, 1.807) is 11.3 Å². The molecule has 1 aliphatic rings. The second-order valence-corrected chi connectivity index (χ2v) is 6.11. The summed E-state index contributed by atoms with van der Waals surface area (Å²) in [7, 11) is 4.22. The van der Waals surface area contributed by atoms with Crippen LogP contribution in [-0.4, -0.2) is 44.1 Å². The van der Waals surface area contributed by atoms with Gasteiger partial charge in [0.15, 0.2) is 5.96 Å². The predicted octanol–water partition coefficient (Wildman–Crippen LogP) is 2.07. The van der Waals surface area contributed by atoms with Gasteiger partial charge in [0.2, 0.25) is 0 Å². The van der Waals surface area contributed by atoms with E-state index in [1.807, 2.05) is 0 Å². The molecule has 1 atom stereocenters. The topological polar surface area (TPSA) is 39.7 Å². The van der Waals surface area contributed by atoms with Gasteiger partial charge in [-0.05, 0) is 45.3 Å². The van der Waals surface area contributed by atoms with Gasteiger partial charge in [-0.3, -0.25) is 4.99 Å². The number of nitrogens with one attached hydrogen (secondary N) is 2. The molecule has 2 rings (SSSR count). The molecular weight excluding hydrogens is 256 g/mol. The first kappa shape index (κ1) is 14.3. The zero-order valence-corrected chi connectivity index (χ0v) is 12.8. The van der Waals surface area contributed by atoms with E-state index in [1.165, 1.54) is 17.7 Å². The van der Waals surface area contributed by atoms with Gasteiger partial charge in [-0.25, -0.2) is 0 Å². The maximum Gasteiger partial charge on any atom is 0.191 e. The van der Waals surface area contributed by atoms with Crippen LogP contribution in [0.25, 0.3) is 0 Å². The predicted molar refractivity (Wildman–Crippen MR) is 82.9 cm³/mol. The van der Waals surface area contributed by atoms with E-state index in [2.05, 4.69) is 54.1 Å². The summed E-state index contributed by atoms with van der Waals surface area (Å²) in [6.45, 7) is 3.80. The molecule has 106 valence electrons. The normalized spacial score (nSPS) is 17.6. The molecule has 0 bridgehead atoms. The van der Waals surface area contributed by atoms with E-state index in [4.69, 9.17) is 4.99 Å². The second kappa shape index (κ2) is 6.91. The van der Waals surface area contributed by atoms with E-state index in [9.17, 15) is 0 Å². The smallest absolute Gasteiger partial charge is 0.191 e. The summed E-state index contributed by atoms with van der Waals surface area (Å²) < 4.78 is 0. The van der Waals surface area contributed by atoms with Crippen LogP contribution in [0.15, 0.2) is 22.5 Å². The Labute approximate surface area is 119 Å². The molecule has 1 fully saturated rings. The molecule has 2 N–H and O–H groups in total. The molecule has 4 nitrogen and oxygen atoms in total. The Morgan fingerprint density at radius 1 is 1.53 bits per heavy atom. The van der Waals surface area contributed by atoms with E-state index < -0.39 is 0 Å². The first-order valence-corrected chi connectivity index (χ1v) is 7.83. The van der Waals surface area contributed by atoms with Gasteiger partial charge >= 0.3 is 0 Å². The summed E-state index contributed by atoms with van der Waals surface area (Å²) in [4.78, 5) is 8.33. The highest BCUT2D eigenvalue weighted by Crippen LogP contribution is 2.23. The molecule has 0 spiro atoms. The maximum absolute atomic E-state index is 4.73. The number of nitrogens with zero attached hydrogens (tertiary/aromatic N) is 2. The molecule has 0 aliphatic heterocycles. The lowest BCUT2D eigenvalue weighted by Crippen LogP contribution is -2.39. The fourth-order valence-corrected chi connectivity index (χ4v) is 2.82. The highest BCUT2D eigenvalue weighted by molar-refractivity contribution is 7.10. The average Bonchev–Trinajstić information content (AvgIpc) is 3.02. The highest BCUT2D eigenvalue weighted by Gasteiger charge is 2.22. The SMILES string of the molecule is CCNC(=NCC(c1cccs1)N(C)C)NC1CC1. The first-order valence-electron chi connectivity index (χ1n) is 6.95.